The number of carbonyl (C=O) groups excluding carboxylic acids is 1. The fraction of sp³-hybridized carbons (Fsp3) is 0.250. The van der Waals surface area contributed by atoms with E-state index in [2.05, 4.69) is 31.6 Å². The van der Waals surface area contributed by atoms with Gasteiger partial charge in [-0.2, -0.15) is 0 Å². The number of halogens is 1. The molecule has 1 aromatic carbocycles. The first-order chi connectivity index (χ1) is 8.66. The van der Waals surface area contributed by atoms with Gasteiger partial charge < -0.3 is 5.32 Å². The van der Waals surface area contributed by atoms with Crippen molar-refractivity contribution in [1.29, 1.82) is 0 Å². The quantitative estimate of drug-likeness (QED) is 0.936. The number of nitrogens with one attached hydrogen (secondary N) is 1. The minimum atomic E-state index is -0.0920. The predicted octanol–water partition coefficient (Wildman–Crippen LogP) is 1.78. The molecule has 5 nitrogen and oxygen atoms in total. The molecule has 94 valence electrons. The van der Waals surface area contributed by atoms with Crippen LogP contribution in [0.1, 0.15) is 15.9 Å². The number of benzene rings is 1. The SMILES string of the molecule is Cc1ccc(Br)c(C(=O)NCCn2ccnn2)c1. The van der Waals surface area contributed by atoms with Gasteiger partial charge in [0.2, 0.25) is 0 Å². The molecule has 0 aliphatic rings. The van der Waals surface area contributed by atoms with Crippen molar-refractivity contribution in [2.24, 2.45) is 0 Å². The van der Waals surface area contributed by atoms with Gasteiger partial charge in [-0.05, 0) is 35.0 Å². The number of hydrogen-bond donors (Lipinski definition) is 1. The highest BCUT2D eigenvalue weighted by atomic mass is 79.9. The summed E-state index contributed by atoms with van der Waals surface area (Å²) in [6.45, 7) is 3.08. The van der Waals surface area contributed by atoms with Gasteiger partial charge in [-0.15, -0.1) is 5.10 Å². The highest BCUT2D eigenvalue weighted by molar-refractivity contribution is 9.10. The summed E-state index contributed by atoms with van der Waals surface area (Å²) >= 11 is 3.37. The van der Waals surface area contributed by atoms with Gasteiger partial charge in [0, 0.05) is 17.2 Å². The van der Waals surface area contributed by atoms with Gasteiger partial charge in [-0.1, -0.05) is 16.8 Å². The Hall–Kier alpha value is -1.69. The molecule has 1 amide bonds. The molecule has 1 aromatic heterocycles. The number of aromatic nitrogens is 3. The summed E-state index contributed by atoms with van der Waals surface area (Å²) < 4.78 is 2.47. The molecule has 0 atom stereocenters. The van der Waals surface area contributed by atoms with Crippen LogP contribution in [0.2, 0.25) is 0 Å². The Balaban J connectivity index is 1.93. The summed E-state index contributed by atoms with van der Waals surface area (Å²) in [4.78, 5) is 12.0. The number of carbonyl (C=O) groups is 1. The third-order valence-corrected chi connectivity index (χ3v) is 3.16. The lowest BCUT2D eigenvalue weighted by atomic mass is 10.1. The average Bonchev–Trinajstić information content (AvgIpc) is 2.85. The van der Waals surface area contributed by atoms with E-state index in [0.29, 0.717) is 18.7 Å². The second-order valence-corrected chi connectivity index (χ2v) is 4.76. The summed E-state index contributed by atoms with van der Waals surface area (Å²) in [5, 5.41) is 10.4. The topological polar surface area (TPSA) is 59.8 Å². The first-order valence-electron chi connectivity index (χ1n) is 5.55. The van der Waals surface area contributed by atoms with Gasteiger partial charge in [0.05, 0.1) is 18.3 Å². The van der Waals surface area contributed by atoms with E-state index < -0.39 is 0 Å². The third-order valence-electron chi connectivity index (χ3n) is 2.46. The zero-order valence-corrected chi connectivity index (χ0v) is 11.5. The van der Waals surface area contributed by atoms with Gasteiger partial charge in [0.25, 0.3) is 5.91 Å². The number of hydrogen-bond acceptors (Lipinski definition) is 3. The maximum Gasteiger partial charge on any atom is 0.252 e. The summed E-state index contributed by atoms with van der Waals surface area (Å²) in [7, 11) is 0. The molecule has 0 bridgehead atoms. The Labute approximate surface area is 113 Å². The molecule has 1 N–H and O–H groups in total. The van der Waals surface area contributed by atoms with Crippen LogP contribution in [-0.4, -0.2) is 27.4 Å². The molecule has 6 heteroatoms. The minimum Gasteiger partial charge on any atom is -0.350 e. The van der Waals surface area contributed by atoms with Gasteiger partial charge in [0.15, 0.2) is 0 Å². The minimum absolute atomic E-state index is 0.0920. The molecule has 1 heterocycles. The van der Waals surface area contributed by atoms with Gasteiger partial charge in [-0.3, -0.25) is 9.48 Å². The first-order valence-corrected chi connectivity index (χ1v) is 6.34. The van der Waals surface area contributed by atoms with Crippen LogP contribution in [0.15, 0.2) is 35.1 Å². The summed E-state index contributed by atoms with van der Waals surface area (Å²) in [6, 6.07) is 5.69. The molecule has 0 spiro atoms. The van der Waals surface area contributed by atoms with E-state index >= 15 is 0 Å². The molecule has 0 saturated carbocycles. The van der Waals surface area contributed by atoms with Crippen LogP contribution in [0.5, 0.6) is 0 Å². The van der Waals surface area contributed by atoms with Gasteiger partial charge in [-0.25, -0.2) is 0 Å². The lowest BCUT2D eigenvalue weighted by Crippen LogP contribution is -2.27. The normalized spacial score (nSPS) is 10.3. The van der Waals surface area contributed by atoms with E-state index in [-0.39, 0.29) is 5.91 Å². The zero-order valence-electron chi connectivity index (χ0n) is 9.93. The molecular weight excluding hydrogens is 296 g/mol. The monoisotopic (exact) mass is 308 g/mol. The van der Waals surface area contributed by atoms with E-state index in [1.807, 2.05) is 25.1 Å². The average molecular weight is 309 g/mol. The second kappa shape index (κ2) is 5.77. The Morgan fingerprint density at radius 1 is 1.50 bits per heavy atom. The van der Waals surface area contributed by atoms with E-state index in [1.165, 1.54) is 0 Å². The Bertz CT molecular complexity index is 539. The standard InChI is InChI=1S/C12H13BrN4O/c1-9-2-3-11(13)10(8-9)12(18)14-4-6-17-7-5-15-16-17/h2-3,5,7-8H,4,6H2,1H3,(H,14,18). The third kappa shape index (κ3) is 3.16. The van der Waals surface area contributed by atoms with E-state index in [1.54, 1.807) is 17.1 Å². The van der Waals surface area contributed by atoms with Crippen molar-refractivity contribution >= 4 is 21.8 Å². The van der Waals surface area contributed by atoms with E-state index in [4.69, 9.17) is 0 Å². The van der Waals surface area contributed by atoms with Crippen molar-refractivity contribution in [3.8, 4) is 0 Å². The molecule has 0 aliphatic heterocycles. The number of nitrogens with zero attached hydrogens (tertiary/aromatic N) is 3. The molecule has 0 radical (unpaired) electrons. The second-order valence-electron chi connectivity index (χ2n) is 3.91. The van der Waals surface area contributed by atoms with Crippen LogP contribution < -0.4 is 5.32 Å². The van der Waals surface area contributed by atoms with Crippen molar-refractivity contribution < 1.29 is 4.79 Å². The van der Waals surface area contributed by atoms with Gasteiger partial charge >= 0.3 is 0 Å². The fourth-order valence-corrected chi connectivity index (χ4v) is 1.97. The van der Waals surface area contributed by atoms with Crippen molar-refractivity contribution in [1.82, 2.24) is 20.3 Å². The van der Waals surface area contributed by atoms with Crippen molar-refractivity contribution in [2.45, 2.75) is 13.5 Å². The van der Waals surface area contributed by atoms with Crippen LogP contribution in [0, 0.1) is 6.92 Å². The maximum atomic E-state index is 12.0. The summed E-state index contributed by atoms with van der Waals surface area (Å²) in [6.07, 6.45) is 3.37. The molecule has 0 unspecified atom stereocenters. The van der Waals surface area contributed by atoms with Crippen molar-refractivity contribution in [3.05, 3.63) is 46.2 Å². The van der Waals surface area contributed by atoms with Crippen molar-refractivity contribution in [2.75, 3.05) is 6.54 Å². The molecular formula is C12H13BrN4O. The maximum absolute atomic E-state index is 12.0. The highest BCUT2D eigenvalue weighted by Gasteiger charge is 2.09. The highest BCUT2D eigenvalue weighted by Crippen LogP contribution is 2.17. The fourth-order valence-electron chi connectivity index (χ4n) is 1.54. The van der Waals surface area contributed by atoms with Crippen molar-refractivity contribution in [3.63, 3.8) is 0 Å². The molecule has 0 fully saturated rings. The van der Waals surface area contributed by atoms with Crippen LogP contribution in [0.4, 0.5) is 0 Å². The smallest absolute Gasteiger partial charge is 0.252 e. The first kappa shape index (κ1) is 12.8. The number of rotatable bonds is 4. The summed E-state index contributed by atoms with van der Waals surface area (Å²) in [5.41, 5.74) is 1.70. The molecule has 0 saturated heterocycles. The van der Waals surface area contributed by atoms with Crippen LogP contribution >= 0.6 is 15.9 Å². The lowest BCUT2D eigenvalue weighted by Gasteiger charge is -2.07. The van der Waals surface area contributed by atoms with E-state index in [0.717, 1.165) is 10.0 Å². The number of amides is 1. The molecule has 18 heavy (non-hydrogen) atoms. The Morgan fingerprint density at radius 3 is 3.06 bits per heavy atom. The Morgan fingerprint density at radius 2 is 2.33 bits per heavy atom. The Kier molecular flexibility index (Phi) is 4.09. The number of aryl methyl sites for hydroxylation is 1. The van der Waals surface area contributed by atoms with Crippen LogP contribution in [-0.2, 0) is 6.54 Å². The summed E-state index contributed by atoms with van der Waals surface area (Å²) in [5.74, 6) is -0.0920. The molecule has 2 aromatic rings. The molecule has 0 aliphatic carbocycles. The van der Waals surface area contributed by atoms with E-state index in [9.17, 15) is 4.79 Å². The largest absolute Gasteiger partial charge is 0.350 e. The zero-order chi connectivity index (χ0) is 13.0. The predicted molar refractivity (Wildman–Crippen MR) is 71.2 cm³/mol. The lowest BCUT2D eigenvalue weighted by molar-refractivity contribution is 0.0951. The molecule has 2 rings (SSSR count). The van der Waals surface area contributed by atoms with Gasteiger partial charge in [0.1, 0.15) is 0 Å². The van der Waals surface area contributed by atoms with Crippen LogP contribution in [0.3, 0.4) is 0 Å². The van der Waals surface area contributed by atoms with Crippen LogP contribution in [0.25, 0.3) is 0 Å².